The molecule has 0 radical (unpaired) electrons. The van der Waals surface area contributed by atoms with Crippen LogP contribution < -0.4 is 5.32 Å². The van der Waals surface area contributed by atoms with Crippen molar-refractivity contribution in [3.63, 3.8) is 0 Å². The summed E-state index contributed by atoms with van der Waals surface area (Å²) in [6, 6.07) is 8.25. The molecule has 2 aliphatic rings. The summed E-state index contributed by atoms with van der Waals surface area (Å²) in [5.41, 5.74) is 1.31. The topological polar surface area (TPSA) is 29.1 Å². The molecular weight excluding hydrogens is 302 g/mol. The lowest BCUT2D eigenvalue weighted by Gasteiger charge is -2.36. The van der Waals surface area contributed by atoms with Crippen LogP contribution in [-0.2, 0) is 4.79 Å². The second-order valence-corrected chi connectivity index (χ2v) is 7.64. The maximum atomic E-state index is 12.5. The first-order chi connectivity index (χ1) is 10.2. The van der Waals surface area contributed by atoms with E-state index in [0.717, 1.165) is 25.1 Å². The van der Waals surface area contributed by atoms with Crippen LogP contribution in [0.25, 0.3) is 0 Å². The molecule has 0 saturated heterocycles. The molecule has 1 heterocycles. The average Bonchev–Trinajstić information content (AvgIpc) is 2.98. The summed E-state index contributed by atoms with van der Waals surface area (Å²) >= 11 is 7.99. The molecular formula is C17H22ClNOS. The monoisotopic (exact) mass is 323 g/mol. The van der Waals surface area contributed by atoms with Crippen LogP contribution in [0, 0.1) is 5.41 Å². The number of hydrogen-bond acceptors (Lipinski definition) is 2. The van der Waals surface area contributed by atoms with E-state index in [-0.39, 0.29) is 17.2 Å². The quantitative estimate of drug-likeness (QED) is 0.842. The molecule has 3 rings (SSSR count). The molecule has 1 amide bonds. The van der Waals surface area contributed by atoms with Crippen molar-refractivity contribution in [2.24, 2.45) is 5.41 Å². The van der Waals surface area contributed by atoms with Gasteiger partial charge >= 0.3 is 0 Å². The highest BCUT2D eigenvalue weighted by Gasteiger charge is 2.34. The predicted octanol–water partition coefficient (Wildman–Crippen LogP) is 4.18. The van der Waals surface area contributed by atoms with Crippen LogP contribution in [0.15, 0.2) is 29.2 Å². The molecule has 1 N–H and O–H groups in total. The van der Waals surface area contributed by atoms with Crippen LogP contribution in [0.2, 0.25) is 0 Å². The number of hydrogen-bond donors (Lipinski definition) is 1. The summed E-state index contributed by atoms with van der Waals surface area (Å²) in [6.07, 6.45) is 6.08. The highest BCUT2D eigenvalue weighted by molar-refractivity contribution is 7.99. The highest BCUT2D eigenvalue weighted by Crippen LogP contribution is 2.40. The van der Waals surface area contributed by atoms with Crippen molar-refractivity contribution in [3.05, 3.63) is 29.8 Å². The second kappa shape index (κ2) is 6.62. The summed E-state index contributed by atoms with van der Waals surface area (Å²) in [6.45, 7) is 0.735. The van der Waals surface area contributed by atoms with Gasteiger partial charge < -0.3 is 5.32 Å². The first kappa shape index (κ1) is 15.2. The molecule has 1 aliphatic heterocycles. The number of benzene rings is 1. The van der Waals surface area contributed by atoms with Crippen molar-refractivity contribution in [1.29, 1.82) is 0 Å². The number of halogens is 1. The fourth-order valence-electron chi connectivity index (χ4n) is 3.44. The van der Waals surface area contributed by atoms with E-state index in [1.165, 1.54) is 29.7 Å². The zero-order valence-electron chi connectivity index (χ0n) is 12.2. The Morgan fingerprint density at radius 2 is 2.05 bits per heavy atom. The predicted molar refractivity (Wildman–Crippen MR) is 89.2 cm³/mol. The first-order valence-corrected chi connectivity index (χ1v) is 9.32. The van der Waals surface area contributed by atoms with Gasteiger partial charge in [0.1, 0.15) is 0 Å². The minimum Gasteiger partial charge on any atom is -0.355 e. The number of carbonyl (C=O) groups excluding carboxylic acids is 1. The van der Waals surface area contributed by atoms with Crippen LogP contribution in [-0.4, -0.2) is 24.1 Å². The van der Waals surface area contributed by atoms with E-state index < -0.39 is 0 Å². The molecule has 1 saturated carbocycles. The third kappa shape index (κ3) is 3.24. The molecule has 1 atom stereocenters. The Balaban J connectivity index is 1.62. The van der Waals surface area contributed by atoms with Gasteiger partial charge in [-0.15, -0.1) is 23.4 Å². The van der Waals surface area contributed by atoms with Gasteiger partial charge in [-0.2, -0.15) is 0 Å². The highest BCUT2D eigenvalue weighted by atomic mass is 35.5. The van der Waals surface area contributed by atoms with Crippen molar-refractivity contribution in [2.45, 2.75) is 42.9 Å². The molecule has 2 nitrogen and oxygen atoms in total. The lowest BCUT2D eigenvalue weighted by Crippen LogP contribution is -2.42. The Morgan fingerprint density at radius 1 is 1.29 bits per heavy atom. The van der Waals surface area contributed by atoms with Crippen molar-refractivity contribution < 1.29 is 4.79 Å². The van der Waals surface area contributed by atoms with Gasteiger partial charge in [-0.1, -0.05) is 37.5 Å². The van der Waals surface area contributed by atoms with Gasteiger partial charge in [0.25, 0.3) is 0 Å². The van der Waals surface area contributed by atoms with E-state index in [1.807, 2.05) is 12.1 Å². The minimum atomic E-state index is 0.00201. The number of carbonyl (C=O) groups is 1. The summed E-state index contributed by atoms with van der Waals surface area (Å²) in [7, 11) is 0. The Labute approximate surface area is 136 Å². The molecule has 21 heavy (non-hydrogen) atoms. The normalized spacial score (nSPS) is 23.6. The van der Waals surface area contributed by atoms with E-state index in [2.05, 4.69) is 17.4 Å². The van der Waals surface area contributed by atoms with Crippen LogP contribution in [0.5, 0.6) is 0 Å². The number of alkyl halides is 1. The van der Waals surface area contributed by atoms with Crippen LogP contribution in [0.1, 0.15) is 43.6 Å². The van der Waals surface area contributed by atoms with Crippen LogP contribution in [0.3, 0.4) is 0 Å². The zero-order valence-corrected chi connectivity index (χ0v) is 13.8. The maximum Gasteiger partial charge on any atom is 0.228 e. The van der Waals surface area contributed by atoms with E-state index in [4.69, 9.17) is 11.6 Å². The third-order valence-electron chi connectivity index (χ3n) is 4.85. The minimum absolute atomic E-state index is 0.00201. The van der Waals surface area contributed by atoms with Gasteiger partial charge in [0, 0.05) is 28.5 Å². The van der Waals surface area contributed by atoms with Gasteiger partial charge in [-0.25, -0.2) is 0 Å². The van der Waals surface area contributed by atoms with E-state index in [1.54, 1.807) is 11.8 Å². The fraction of sp³-hybridized carbons (Fsp3) is 0.588. The lowest BCUT2D eigenvalue weighted by atomic mass is 9.75. The summed E-state index contributed by atoms with van der Waals surface area (Å²) in [5.74, 6) is 1.69. The Kier molecular flexibility index (Phi) is 4.80. The molecule has 114 valence electrons. The van der Waals surface area contributed by atoms with Gasteiger partial charge in [0.05, 0.1) is 5.92 Å². The fourth-order valence-corrected chi connectivity index (χ4v) is 5.03. The number of fused-ring (bicyclic) bond motifs is 1. The standard InChI is InChI=1S/C17H22ClNOS/c18-11-17(8-4-1-5-9-17)12-19-16(20)14-10-21-15-7-3-2-6-13(14)15/h2-3,6-7,14H,1,4-5,8-12H2,(H,19,20). The van der Waals surface area contributed by atoms with Crippen molar-refractivity contribution >= 4 is 29.3 Å². The van der Waals surface area contributed by atoms with Gasteiger partial charge in [0.2, 0.25) is 5.91 Å². The molecule has 1 unspecified atom stereocenters. The van der Waals surface area contributed by atoms with E-state index in [9.17, 15) is 4.79 Å². The lowest BCUT2D eigenvalue weighted by molar-refractivity contribution is -0.122. The first-order valence-electron chi connectivity index (χ1n) is 7.79. The molecule has 1 fully saturated rings. The summed E-state index contributed by atoms with van der Waals surface area (Å²) in [4.78, 5) is 13.8. The summed E-state index contributed by atoms with van der Waals surface area (Å²) < 4.78 is 0. The second-order valence-electron chi connectivity index (χ2n) is 6.31. The molecule has 0 bridgehead atoms. The zero-order chi connectivity index (χ0) is 14.7. The van der Waals surface area contributed by atoms with Crippen LogP contribution >= 0.6 is 23.4 Å². The van der Waals surface area contributed by atoms with Gasteiger partial charge in [-0.05, 0) is 24.5 Å². The maximum absolute atomic E-state index is 12.5. The van der Waals surface area contributed by atoms with Crippen molar-refractivity contribution in [2.75, 3.05) is 18.2 Å². The number of rotatable bonds is 4. The Hall–Kier alpha value is -0.670. The molecule has 1 aliphatic carbocycles. The number of nitrogens with one attached hydrogen (secondary N) is 1. The molecule has 1 aromatic carbocycles. The van der Waals surface area contributed by atoms with E-state index in [0.29, 0.717) is 5.88 Å². The molecule has 0 spiro atoms. The van der Waals surface area contributed by atoms with Gasteiger partial charge in [-0.3, -0.25) is 4.79 Å². The van der Waals surface area contributed by atoms with Crippen LogP contribution in [0.4, 0.5) is 0 Å². The summed E-state index contributed by atoms with van der Waals surface area (Å²) in [5, 5.41) is 3.19. The van der Waals surface area contributed by atoms with Crippen molar-refractivity contribution in [3.8, 4) is 0 Å². The van der Waals surface area contributed by atoms with Gasteiger partial charge in [0.15, 0.2) is 0 Å². The number of amides is 1. The van der Waals surface area contributed by atoms with E-state index >= 15 is 0 Å². The van der Waals surface area contributed by atoms with Crippen molar-refractivity contribution in [1.82, 2.24) is 5.32 Å². The molecule has 1 aromatic rings. The molecule has 4 heteroatoms. The smallest absolute Gasteiger partial charge is 0.228 e. The SMILES string of the molecule is O=C(NCC1(CCl)CCCCC1)C1CSc2ccccc21. The number of thioether (sulfide) groups is 1. The average molecular weight is 324 g/mol. The Bertz CT molecular complexity index is 513. The Morgan fingerprint density at radius 3 is 2.81 bits per heavy atom. The largest absolute Gasteiger partial charge is 0.355 e. The molecule has 0 aromatic heterocycles. The third-order valence-corrected chi connectivity index (χ3v) is 6.60.